The first-order valence-electron chi connectivity index (χ1n) is 9.81. The highest BCUT2D eigenvalue weighted by Gasteiger charge is 2.31. The zero-order valence-electron chi connectivity index (χ0n) is 17.5. The molecule has 0 saturated carbocycles. The Balaban J connectivity index is 1.79. The lowest BCUT2D eigenvalue weighted by molar-refractivity contribution is -0.137. The van der Waals surface area contributed by atoms with Gasteiger partial charge in [-0.15, -0.1) is 0 Å². The van der Waals surface area contributed by atoms with Gasteiger partial charge in [-0.3, -0.25) is 19.1 Å². The third-order valence-corrected chi connectivity index (χ3v) is 5.47. The smallest absolute Gasteiger partial charge is 0.417 e. The maximum absolute atomic E-state index is 13.2. The summed E-state index contributed by atoms with van der Waals surface area (Å²) in [7, 11) is 3.13. The van der Waals surface area contributed by atoms with E-state index in [1.165, 1.54) is 28.6 Å². The molecule has 166 valence electrons. The fourth-order valence-electron chi connectivity index (χ4n) is 3.79. The lowest BCUT2D eigenvalue weighted by Crippen LogP contribution is -2.20. The molecule has 0 bridgehead atoms. The van der Waals surface area contributed by atoms with Crippen molar-refractivity contribution in [3.63, 3.8) is 0 Å². The second kappa shape index (κ2) is 7.44. The molecule has 0 aliphatic rings. The van der Waals surface area contributed by atoms with Gasteiger partial charge in [0.05, 0.1) is 47.3 Å². The second-order valence-corrected chi connectivity index (χ2v) is 7.42. The topological polar surface area (TPSA) is 74.8 Å². The summed E-state index contributed by atoms with van der Waals surface area (Å²) in [4.78, 5) is 25.5. The predicted octanol–water partition coefficient (Wildman–Crippen LogP) is 4.36. The molecule has 0 aliphatic carbocycles. The number of methoxy groups -OCH3 is 1. The van der Waals surface area contributed by atoms with Crippen LogP contribution in [0.3, 0.4) is 0 Å². The number of rotatable bonds is 3. The SMILES string of the molecule is COc1ccc(-n2c(=O)n(C)c3cnc4ccc(-c5cncc(C(F)(F)F)c5)cc4c32)cn1. The average Bonchev–Trinajstić information content (AvgIpc) is 3.08. The van der Waals surface area contributed by atoms with Gasteiger partial charge in [-0.05, 0) is 29.8 Å². The number of ether oxygens (including phenoxy) is 1. The molecule has 0 radical (unpaired) electrons. The second-order valence-electron chi connectivity index (χ2n) is 7.42. The predicted molar refractivity (Wildman–Crippen MR) is 116 cm³/mol. The standard InChI is InChI=1S/C23H16F3N5O2/c1-30-19-12-28-18-5-3-13(14-7-15(10-27-9-14)23(24,25)26)8-17(18)21(19)31(22(30)32)16-4-6-20(33-2)29-11-16/h3-12H,1-2H3. The monoisotopic (exact) mass is 451 g/mol. The van der Waals surface area contributed by atoms with Crippen molar-refractivity contribution in [2.75, 3.05) is 7.11 Å². The molecule has 0 amide bonds. The number of halogens is 3. The van der Waals surface area contributed by atoms with E-state index in [0.717, 1.165) is 12.3 Å². The summed E-state index contributed by atoms with van der Waals surface area (Å²) in [5.41, 5.74) is 1.93. The van der Waals surface area contributed by atoms with Gasteiger partial charge in [0.25, 0.3) is 0 Å². The Hall–Kier alpha value is -4.21. The Morgan fingerprint density at radius 3 is 2.45 bits per heavy atom. The highest BCUT2D eigenvalue weighted by molar-refractivity contribution is 6.04. The minimum atomic E-state index is -4.50. The summed E-state index contributed by atoms with van der Waals surface area (Å²) in [6.07, 6.45) is 0.770. The van der Waals surface area contributed by atoms with Crippen LogP contribution in [0.1, 0.15) is 5.56 Å². The van der Waals surface area contributed by atoms with Crippen molar-refractivity contribution in [2.45, 2.75) is 6.18 Å². The molecular weight excluding hydrogens is 435 g/mol. The quantitative estimate of drug-likeness (QED) is 0.408. The van der Waals surface area contributed by atoms with E-state index >= 15 is 0 Å². The number of aryl methyl sites for hydroxylation is 1. The van der Waals surface area contributed by atoms with E-state index in [9.17, 15) is 18.0 Å². The zero-order chi connectivity index (χ0) is 23.3. The fourth-order valence-corrected chi connectivity index (χ4v) is 3.79. The van der Waals surface area contributed by atoms with E-state index < -0.39 is 11.7 Å². The lowest BCUT2D eigenvalue weighted by atomic mass is 10.0. The molecule has 4 heterocycles. The molecule has 0 spiro atoms. The number of hydrogen-bond donors (Lipinski definition) is 0. The first-order valence-corrected chi connectivity index (χ1v) is 9.81. The Bertz CT molecular complexity index is 1570. The number of imidazole rings is 1. The van der Waals surface area contributed by atoms with Crippen LogP contribution in [-0.2, 0) is 13.2 Å². The Labute approximate surface area is 184 Å². The first kappa shape index (κ1) is 20.7. The molecule has 7 nitrogen and oxygen atoms in total. The van der Waals surface area contributed by atoms with Gasteiger partial charge in [0.15, 0.2) is 0 Å². The molecule has 0 atom stereocenters. The molecule has 0 fully saturated rings. The maximum atomic E-state index is 13.2. The summed E-state index contributed by atoms with van der Waals surface area (Å²) in [5.74, 6) is 0.401. The van der Waals surface area contributed by atoms with Crippen molar-refractivity contribution in [3.05, 3.63) is 77.2 Å². The van der Waals surface area contributed by atoms with Gasteiger partial charge in [-0.2, -0.15) is 13.2 Å². The molecular formula is C23H16F3N5O2. The van der Waals surface area contributed by atoms with Crippen LogP contribution in [0, 0.1) is 0 Å². The number of aromatic nitrogens is 5. The number of benzene rings is 1. The largest absolute Gasteiger partial charge is 0.481 e. The Kier molecular flexibility index (Phi) is 4.66. The zero-order valence-corrected chi connectivity index (χ0v) is 17.5. The number of alkyl halides is 3. The van der Waals surface area contributed by atoms with Crippen LogP contribution in [0.25, 0.3) is 38.8 Å². The molecule has 10 heteroatoms. The van der Waals surface area contributed by atoms with Gasteiger partial charge < -0.3 is 4.74 Å². The van der Waals surface area contributed by atoms with E-state index in [0.29, 0.717) is 44.6 Å². The van der Waals surface area contributed by atoms with Crippen LogP contribution in [-0.4, -0.2) is 31.2 Å². The van der Waals surface area contributed by atoms with E-state index in [1.807, 2.05) is 0 Å². The third kappa shape index (κ3) is 3.39. The van der Waals surface area contributed by atoms with Crippen LogP contribution in [0.15, 0.2) is 66.0 Å². The van der Waals surface area contributed by atoms with Crippen LogP contribution in [0.2, 0.25) is 0 Å². The van der Waals surface area contributed by atoms with E-state index in [4.69, 9.17) is 4.74 Å². The number of fused-ring (bicyclic) bond motifs is 3. The molecule has 0 N–H and O–H groups in total. The summed E-state index contributed by atoms with van der Waals surface area (Å²) >= 11 is 0. The molecule has 33 heavy (non-hydrogen) atoms. The lowest BCUT2D eigenvalue weighted by Gasteiger charge is -2.10. The average molecular weight is 451 g/mol. The van der Waals surface area contributed by atoms with Crippen LogP contribution >= 0.6 is 0 Å². The van der Waals surface area contributed by atoms with Gasteiger partial charge in [0.1, 0.15) is 0 Å². The summed E-state index contributed by atoms with van der Waals surface area (Å²) < 4.78 is 47.6. The maximum Gasteiger partial charge on any atom is 0.417 e. The van der Waals surface area contributed by atoms with E-state index in [2.05, 4.69) is 15.0 Å². The van der Waals surface area contributed by atoms with E-state index in [-0.39, 0.29) is 5.69 Å². The van der Waals surface area contributed by atoms with Crippen molar-refractivity contribution in [3.8, 4) is 22.7 Å². The minimum absolute atomic E-state index is 0.305. The number of hydrogen-bond acceptors (Lipinski definition) is 5. The van der Waals surface area contributed by atoms with Gasteiger partial charge in [-0.25, -0.2) is 9.78 Å². The Morgan fingerprint density at radius 1 is 0.939 bits per heavy atom. The summed E-state index contributed by atoms with van der Waals surface area (Å²) in [5, 5.41) is 0.607. The van der Waals surface area contributed by atoms with Gasteiger partial charge >= 0.3 is 11.9 Å². The molecule has 4 aromatic heterocycles. The third-order valence-electron chi connectivity index (χ3n) is 5.47. The van der Waals surface area contributed by atoms with Gasteiger partial charge in [-0.1, -0.05) is 6.07 Å². The number of nitrogens with zero attached hydrogens (tertiary/aromatic N) is 5. The molecule has 5 aromatic rings. The molecule has 1 aromatic carbocycles. The molecule has 0 saturated heterocycles. The van der Waals surface area contributed by atoms with Gasteiger partial charge in [0, 0.05) is 36.5 Å². The van der Waals surface area contributed by atoms with Crippen LogP contribution in [0.5, 0.6) is 5.88 Å². The summed E-state index contributed by atoms with van der Waals surface area (Å²) in [6.45, 7) is 0. The fraction of sp³-hybridized carbons (Fsp3) is 0.130. The molecule has 0 aliphatic heterocycles. The van der Waals surface area contributed by atoms with Crippen molar-refractivity contribution in [1.82, 2.24) is 24.1 Å². The van der Waals surface area contributed by atoms with Crippen molar-refractivity contribution in [2.24, 2.45) is 7.05 Å². The molecule has 5 rings (SSSR count). The highest BCUT2D eigenvalue weighted by Crippen LogP contribution is 2.33. The van der Waals surface area contributed by atoms with Crippen molar-refractivity contribution in [1.29, 1.82) is 0 Å². The van der Waals surface area contributed by atoms with Crippen molar-refractivity contribution < 1.29 is 17.9 Å². The first-order chi connectivity index (χ1) is 15.8. The van der Waals surface area contributed by atoms with E-state index in [1.54, 1.807) is 43.6 Å². The minimum Gasteiger partial charge on any atom is -0.481 e. The van der Waals surface area contributed by atoms with Crippen molar-refractivity contribution >= 4 is 21.9 Å². The molecule has 0 unspecified atom stereocenters. The number of pyridine rings is 3. The highest BCUT2D eigenvalue weighted by atomic mass is 19.4. The normalized spacial score (nSPS) is 11.9. The Morgan fingerprint density at radius 2 is 1.76 bits per heavy atom. The van der Waals surface area contributed by atoms with Gasteiger partial charge in [0.2, 0.25) is 5.88 Å². The van der Waals surface area contributed by atoms with Crippen LogP contribution in [0.4, 0.5) is 13.2 Å². The van der Waals surface area contributed by atoms with Crippen LogP contribution < -0.4 is 10.4 Å². The summed E-state index contributed by atoms with van der Waals surface area (Å²) in [6, 6.07) is 9.50.